The fourth-order valence-corrected chi connectivity index (χ4v) is 2.33. The Kier molecular flexibility index (Phi) is 5.01. The van der Waals surface area contributed by atoms with Crippen LogP contribution in [0.25, 0.3) is 6.08 Å². The van der Waals surface area contributed by atoms with E-state index < -0.39 is 5.97 Å². The minimum atomic E-state index is -0.410. The predicted octanol–water partition coefficient (Wildman–Crippen LogP) is 3.22. The first-order valence-corrected chi connectivity index (χ1v) is 7.62. The number of carbonyl (C=O) groups is 1. The van der Waals surface area contributed by atoms with Crippen molar-refractivity contribution in [2.75, 3.05) is 20.3 Å². The monoisotopic (exact) mass is 326 g/mol. The molecule has 5 nitrogen and oxygen atoms in total. The molecule has 0 aromatic heterocycles. The number of rotatable bonds is 5. The highest BCUT2D eigenvalue weighted by Crippen LogP contribution is 2.40. The SMILES string of the molecule is COc1cc(/C=C/C(=O)OCc2ccccc2)cc2c1OCCO2. The summed E-state index contributed by atoms with van der Waals surface area (Å²) in [5, 5.41) is 0. The highest BCUT2D eigenvalue weighted by molar-refractivity contribution is 5.87. The van der Waals surface area contributed by atoms with E-state index in [0.717, 1.165) is 11.1 Å². The van der Waals surface area contributed by atoms with E-state index in [1.807, 2.05) is 30.3 Å². The van der Waals surface area contributed by atoms with Crippen LogP contribution in [-0.2, 0) is 16.1 Å². The Morgan fingerprint density at radius 2 is 1.96 bits per heavy atom. The van der Waals surface area contributed by atoms with Gasteiger partial charge in [-0.2, -0.15) is 0 Å². The van der Waals surface area contributed by atoms with E-state index in [-0.39, 0.29) is 6.61 Å². The van der Waals surface area contributed by atoms with Crippen LogP contribution in [0.1, 0.15) is 11.1 Å². The Morgan fingerprint density at radius 1 is 1.17 bits per heavy atom. The molecule has 24 heavy (non-hydrogen) atoms. The normalized spacial score (nSPS) is 12.9. The maximum Gasteiger partial charge on any atom is 0.331 e. The second-order valence-electron chi connectivity index (χ2n) is 5.17. The van der Waals surface area contributed by atoms with Gasteiger partial charge in [-0.05, 0) is 29.3 Å². The molecule has 3 rings (SSSR count). The standard InChI is InChI=1S/C19H18O5/c1-21-16-11-15(12-17-19(16)23-10-9-22-17)7-8-18(20)24-13-14-5-3-2-4-6-14/h2-8,11-12H,9-10,13H2,1H3/b8-7+. The summed E-state index contributed by atoms with van der Waals surface area (Å²) in [6.07, 6.45) is 3.04. The van der Waals surface area contributed by atoms with E-state index in [0.29, 0.717) is 30.5 Å². The van der Waals surface area contributed by atoms with Crippen molar-refractivity contribution in [3.63, 3.8) is 0 Å². The molecule has 0 fully saturated rings. The van der Waals surface area contributed by atoms with E-state index in [1.54, 1.807) is 25.3 Å². The van der Waals surface area contributed by atoms with Crippen molar-refractivity contribution >= 4 is 12.0 Å². The van der Waals surface area contributed by atoms with E-state index in [1.165, 1.54) is 6.08 Å². The lowest BCUT2D eigenvalue weighted by molar-refractivity contribution is -0.138. The lowest BCUT2D eigenvalue weighted by atomic mass is 10.1. The van der Waals surface area contributed by atoms with Crippen LogP contribution in [0.4, 0.5) is 0 Å². The minimum Gasteiger partial charge on any atom is -0.493 e. The molecule has 0 aliphatic carbocycles. The van der Waals surface area contributed by atoms with Crippen molar-refractivity contribution in [3.05, 3.63) is 59.7 Å². The summed E-state index contributed by atoms with van der Waals surface area (Å²) in [7, 11) is 1.56. The predicted molar refractivity (Wildman–Crippen MR) is 89.3 cm³/mol. The van der Waals surface area contributed by atoms with Gasteiger partial charge in [0.05, 0.1) is 7.11 Å². The molecule has 0 bridgehead atoms. The fourth-order valence-electron chi connectivity index (χ4n) is 2.33. The second-order valence-corrected chi connectivity index (χ2v) is 5.17. The Balaban J connectivity index is 1.66. The molecule has 0 saturated heterocycles. The molecule has 0 atom stereocenters. The summed E-state index contributed by atoms with van der Waals surface area (Å²) in [6.45, 7) is 1.22. The van der Waals surface area contributed by atoms with Crippen molar-refractivity contribution in [2.24, 2.45) is 0 Å². The van der Waals surface area contributed by atoms with Crippen LogP contribution in [0.15, 0.2) is 48.5 Å². The van der Waals surface area contributed by atoms with Crippen LogP contribution in [0.3, 0.4) is 0 Å². The number of hydrogen-bond acceptors (Lipinski definition) is 5. The molecule has 0 saturated carbocycles. The van der Waals surface area contributed by atoms with Gasteiger partial charge in [-0.1, -0.05) is 30.3 Å². The highest BCUT2D eigenvalue weighted by atomic mass is 16.6. The first kappa shape index (κ1) is 15.9. The lowest BCUT2D eigenvalue weighted by Gasteiger charge is -2.20. The van der Waals surface area contributed by atoms with Gasteiger partial charge in [0.15, 0.2) is 11.5 Å². The van der Waals surface area contributed by atoms with Crippen LogP contribution < -0.4 is 14.2 Å². The molecule has 1 heterocycles. The molecular formula is C19H18O5. The third-order valence-electron chi connectivity index (χ3n) is 3.49. The Morgan fingerprint density at radius 3 is 2.75 bits per heavy atom. The minimum absolute atomic E-state index is 0.245. The summed E-state index contributed by atoms with van der Waals surface area (Å²) in [6, 6.07) is 13.1. The number of benzene rings is 2. The van der Waals surface area contributed by atoms with Gasteiger partial charge in [0.1, 0.15) is 19.8 Å². The average Bonchev–Trinajstić information content (AvgIpc) is 2.64. The van der Waals surface area contributed by atoms with E-state index in [2.05, 4.69) is 0 Å². The van der Waals surface area contributed by atoms with Crippen LogP contribution in [0.5, 0.6) is 17.2 Å². The fraction of sp³-hybridized carbons (Fsp3) is 0.211. The molecule has 0 spiro atoms. The van der Waals surface area contributed by atoms with Gasteiger partial charge in [0.25, 0.3) is 0 Å². The van der Waals surface area contributed by atoms with Crippen molar-refractivity contribution < 1.29 is 23.7 Å². The molecule has 2 aromatic rings. The summed E-state index contributed by atoms with van der Waals surface area (Å²) in [5.74, 6) is 1.36. The van der Waals surface area contributed by atoms with Crippen molar-refractivity contribution in [1.29, 1.82) is 0 Å². The van der Waals surface area contributed by atoms with Gasteiger partial charge in [0.2, 0.25) is 5.75 Å². The maximum atomic E-state index is 11.8. The number of fused-ring (bicyclic) bond motifs is 1. The molecule has 2 aromatic carbocycles. The van der Waals surface area contributed by atoms with Crippen molar-refractivity contribution in [3.8, 4) is 17.2 Å². The average molecular weight is 326 g/mol. The van der Waals surface area contributed by atoms with Crippen LogP contribution in [0.2, 0.25) is 0 Å². The zero-order chi connectivity index (χ0) is 16.8. The van der Waals surface area contributed by atoms with Gasteiger partial charge in [-0.3, -0.25) is 0 Å². The number of ether oxygens (including phenoxy) is 4. The first-order valence-electron chi connectivity index (χ1n) is 7.62. The van der Waals surface area contributed by atoms with E-state index >= 15 is 0 Å². The molecule has 0 N–H and O–H groups in total. The summed E-state index contributed by atoms with van der Waals surface area (Å²) < 4.78 is 21.6. The largest absolute Gasteiger partial charge is 0.493 e. The molecule has 5 heteroatoms. The number of esters is 1. The summed E-state index contributed by atoms with van der Waals surface area (Å²) in [5.41, 5.74) is 1.72. The van der Waals surface area contributed by atoms with Crippen molar-refractivity contribution in [1.82, 2.24) is 0 Å². The van der Waals surface area contributed by atoms with Gasteiger partial charge < -0.3 is 18.9 Å². The van der Waals surface area contributed by atoms with Gasteiger partial charge in [-0.15, -0.1) is 0 Å². The second kappa shape index (κ2) is 7.55. The number of methoxy groups -OCH3 is 1. The van der Waals surface area contributed by atoms with Crippen molar-refractivity contribution in [2.45, 2.75) is 6.61 Å². The maximum absolute atomic E-state index is 11.8. The number of hydrogen-bond donors (Lipinski definition) is 0. The zero-order valence-electron chi connectivity index (χ0n) is 13.4. The van der Waals surface area contributed by atoms with Crippen LogP contribution in [-0.4, -0.2) is 26.3 Å². The Hall–Kier alpha value is -2.95. The van der Waals surface area contributed by atoms with E-state index in [4.69, 9.17) is 18.9 Å². The summed E-state index contributed by atoms with van der Waals surface area (Å²) >= 11 is 0. The Labute approximate surface area is 140 Å². The molecule has 0 unspecified atom stereocenters. The van der Waals surface area contributed by atoms with Crippen LogP contribution in [0, 0.1) is 0 Å². The zero-order valence-corrected chi connectivity index (χ0v) is 13.4. The number of carbonyl (C=O) groups excluding carboxylic acids is 1. The topological polar surface area (TPSA) is 54.0 Å². The van der Waals surface area contributed by atoms with E-state index in [9.17, 15) is 4.79 Å². The quantitative estimate of drug-likeness (QED) is 0.624. The molecule has 0 amide bonds. The Bertz CT molecular complexity index is 720. The lowest BCUT2D eigenvalue weighted by Crippen LogP contribution is -2.16. The third-order valence-corrected chi connectivity index (χ3v) is 3.49. The molecule has 1 aliphatic rings. The molecular weight excluding hydrogens is 308 g/mol. The van der Waals surface area contributed by atoms with Gasteiger partial charge in [-0.25, -0.2) is 4.79 Å². The first-order chi connectivity index (χ1) is 11.8. The summed E-state index contributed by atoms with van der Waals surface area (Å²) in [4.78, 5) is 11.8. The molecule has 124 valence electrons. The third kappa shape index (κ3) is 3.87. The highest BCUT2D eigenvalue weighted by Gasteiger charge is 2.17. The van der Waals surface area contributed by atoms with Crippen LogP contribution >= 0.6 is 0 Å². The van der Waals surface area contributed by atoms with Gasteiger partial charge >= 0.3 is 5.97 Å². The smallest absolute Gasteiger partial charge is 0.331 e. The molecule has 0 radical (unpaired) electrons. The molecule has 1 aliphatic heterocycles. The van der Waals surface area contributed by atoms with Gasteiger partial charge in [0, 0.05) is 6.08 Å².